The summed E-state index contributed by atoms with van der Waals surface area (Å²) in [7, 11) is 0. The van der Waals surface area contributed by atoms with Crippen LogP contribution in [0.15, 0.2) is 60.7 Å². The van der Waals surface area contributed by atoms with Crippen molar-refractivity contribution in [1.82, 2.24) is 10.2 Å². The topological polar surface area (TPSA) is 61.8 Å². The van der Waals surface area contributed by atoms with Gasteiger partial charge < -0.3 is 15.2 Å². The van der Waals surface area contributed by atoms with Crippen LogP contribution in [0.1, 0.15) is 38.3 Å². The quantitative estimate of drug-likeness (QED) is 0.412. The normalized spacial score (nSPS) is 12.7. The van der Waals surface area contributed by atoms with E-state index in [9.17, 15) is 4.79 Å². The van der Waals surface area contributed by atoms with Crippen molar-refractivity contribution in [2.75, 3.05) is 26.2 Å². The van der Waals surface area contributed by atoms with Gasteiger partial charge in [-0.3, -0.25) is 9.69 Å². The van der Waals surface area contributed by atoms with E-state index < -0.39 is 5.60 Å². The number of rotatable bonds is 12. The second kappa shape index (κ2) is 12.5. The third-order valence-corrected chi connectivity index (χ3v) is 4.62. The van der Waals surface area contributed by atoms with Crippen LogP contribution in [0.25, 0.3) is 0 Å². The van der Waals surface area contributed by atoms with Crippen LogP contribution < -0.4 is 5.32 Å². The predicted molar refractivity (Wildman–Crippen MR) is 121 cm³/mol. The number of aliphatic hydroxyl groups excluding tert-OH is 1. The van der Waals surface area contributed by atoms with Crippen LogP contribution in [0.2, 0.25) is 0 Å². The summed E-state index contributed by atoms with van der Waals surface area (Å²) in [6.07, 6.45) is 0.665. The number of ether oxygens (including phenoxy) is 1. The van der Waals surface area contributed by atoms with Gasteiger partial charge in [0.25, 0.3) is 0 Å². The van der Waals surface area contributed by atoms with Gasteiger partial charge in [0, 0.05) is 32.8 Å². The molecule has 0 fully saturated rings. The molecule has 0 amide bonds. The lowest BCUT2D eigenvalue weighted by Crippen LogP contribution is -2.41. The molecule has 2 rings (SSSR count). The number of hydrogen-bond donors (Lipinski definition) is 2. The van der Waals surface area contributed by atoms with Crippen LogP contribution in [0, 0.1) is 5.92 Å². The second-order valence-corrected chi connectivity index (χ2v) is 8.65. The molecule has 1 unspecified atom stereocenters. The minimum atomic E-state index is -0.524. The van der Waals surface area contributed by atoms with E-state index in [1.807, 2.05) is 57.2 Å². The molecule has 1 atom stereocenters. The Morgan fingerprint density at radius 3 is 2.00 bits per heavy atom. The first kappa shape index (κ1) is 24.1. The van der Waals surface area contributed by atoms with Crippen LogP contribution in [-0.2, 0) is 22.6 Å². The molecule has 164 valence electrons. The number of nitrogens with one attached hydrogen (secondary N) is 1. The fourth-order valence-corrected chi connectivity index (χ4v) is 3.27. The van der Waals surface area contributed by atoms with Crippen LogP contribution in [0.5, 0.6) is 0 Å². The van der Waals surface area contributed by atoms with E-state index in [0.717, 1.165) is 13.1 Å². The van der Waals surface area contributed by atoms with Crippen molar-refractivity contribution in [2.45, 2.75) is 45.9 Å². The van der Waals surface area contributed by atoms with Gasteiger partial charge in [-0.25, -0.2) is 0 Å². The first-order valence-corrected chi connectivity index (χ1v) is 10.7. The summed E-state index contributed by atoms with van der Waals surface area (Å²) in [4.78, 5) is 15.2. The number of hydrogen-bond acceptors (Lipinski definition) is 5. The van der Waals surface area contributed by atoms with Crippen molar-refractivity contribution in [2.24, 2.45) is 5.92 Å². The molecule has 0 spiro atoms. The summed E-state index contributed by atoms with van der Waals surface area (Å²) in [6.45, 7) is 9.12. The SMILES string of the molecule is CC(C)(C)OC(=O)C(CNCCCO)CN(Cc1ccccc1)Cc1ccccc1. The van der Waals surface area contributed by atoms with Gasteiger partial charge in [-0.2, -0.15) is 0 Å². The first-order valence-electron chi connectivity index (χ1n) is 10.7. The van der Waals surface area contributed by atoms with Crippen molar-refractivity contribution < 1.29 is 14.6 Å². The molecule has 0 radical (unpaired) electrons. The molecule has 2 aromatic carbocycles. The molecule has 0 aliphatic rings. The highest BCUT2D eigenvalue weighted by Crippen LogP contribution is 2.16. The molecular weight excluding hydrogens is 376 g/mol. The fraction of sp³-hybridized carbons (Fsp3) is 0.480. The standard InChI is InChI=1S/C25H36N2O3/c1-25(2,3)30-24(29)23(17-26-15-10-16-28)20-27(18-21-11-6-4-7-12-21)19-22-13-8-5-9-14-22/h4-9,11-14,23,26,28H,10,15-20H2,1-3H3. The van der Waals surface area contributed by atoms with Gasteiger partial charge in [-0.1, -0.05) is 60.7 Å². The number of carbonyl (C=O) groups excluding carboxylic acids is 1. The van der Waals surface area contributed by atoms with Crippen LogP contribution in [-0.4, -0.2) is 47.8 Å². The monoisotopic (exact) mass is 412 g/mol. The van der Waals surface area contributed by atoms with E-state index >= 15 is 0 Å². The Labute approximate surface area is 181 Å². The third kappa shape index (κ3) is 9.53. The lowest BCUT2D eigenvalue weighted by molar-refractivity contribution is -0.160. The Morgan fingerprint density at radius 2 is 1.53 bits per heavy atom. The maximum Gasteiger partial charge on any atom is 0.312 e. The van der Waals surface area contributed by atoms with E-state index in [2.05, 4.69) is 34.5 Å². The molecule has 0 aliphatic heterocycles. The lowest BCUT2D eigenvalue weighted by Gasteiger charge is -2.29. The zero-order chi connectivity index (χ0) is 21.8. The third-order valence-electron chi connectivity index (χ3n) is 4.62. The number of esters is 1. The van der Waals surface area contributed by atoms with Gasteiger partial charge in [-0.15, -0.1) is 0 Å². The van der Waals surface area contributed by atoms with Crippen LogP contribution >= 0.6 is 0 Å². The number of benzene rings is 2. The molecule has 5 nitrogen and oxygen atoms in total. The van der Waals surface area contributed by atoms with E-state index in [1.165, 1.54) is 11.1 Å². The molecule has 30 heavy (non-hydrogen) atoms. The summed E-state index contributed by atoms with van der Waals surface area (Å²) in [5.74, 6) is -0.486. The fourth-order valence-electron chi connectivity index (χ4n) is 3.27. The van der Waals surface area contributed by atoms with Crippen molar-refractivity contribution in [1.29, 1.82) is 0 Å². The Hall–Kier alpha value is -2.21. The number of aliphatic hydroxyl groups is 1. The summed E-state index contributed by atoms with van der Waals surface area (Å²) in [5.41, 5.74) is 1.90. The highest BCUT2D eigenvalue weighted by atomic mass is 16.6. The van der Waals surface area contributed by atoms with E-state index in [1.54, 1.807) is 0 Å². The maximum atomic E-state index is 12.9. The smallest absolute Gasteiger partial charge is 0.312 e. The van der Waals surface area contributed by atoms with E-state index in [0.29, 0.717) is 26.1 Å². The van der Waals surface area contributed by atoms with E-state index in [-0.39, 0.29) is 18.5 Å². The summed E-state index contributed by atoms with van der Waals surface area (Å²) in [6, 6.07) is 20.6. The summed E-state index contributed by atoms with van der Waals surface area (Å²) < 4.78 is 5.70. The zero-order valence-electron chi connectivity index (χ0n) is 18.5. The van der Waals surface area contributed by atoms with Gasteiger partial charge in [-0.05, 0) is 44.9 Å². The Morgan fingerprint density at radius 1 is 1.00 bits per heavy atom. The zero-order valence-corrected chi connectivity index (χ0v) is 18.5. The van der Waals surface area contributed by atoms with Crippen molar-refractivity contribution in [3.05, 3.63) is 71.8 Å². The second-order valence-electron chi connectivity index (χ2n) is 8.65. The number of nitrogens with zero attached hydrogens (tertiary/aromatic N) is 1. The molecule has 2 N–H and O–H groups in total. The minimum absolute atomic E-state index is 0.137. The van der Waals surface area contributed by atoms with Crippen molar-refractivity contribution >= 4 is 5.97 Å². The molecule has 0 saturated heterocycles. The average Bonchev–Trinajstić information content (AvgIpc) is 2.70. The molecule has 0 aliphatic carbocycles. The molecule has 0 saturated carbocycles. The van der Waals surface area contributed by atoms with Crippen molar-refractivity contribution in [3.63, 3.8) is 0 Å². The van der Waals surface area contributed by atoms with Gasteiger partial charge >= 0.3 is 5.97 Å². The minimum Gasteiger partial charge on any atom is -0.460 e. The van der Waals surface area contributed by atoms with Crippen LogP contribution in [0.3, 0.4) is 0 Å². The number of carbonyl (C=O) groups is 1. The van der Waals surface area contributed by atoms with Crippen molar-refractivity contribution in [3.8, 4) is 0 Å². The van der Waals surface area contributed by atoms with Gasteiger partial charge in [0.15, 0.2) is 0 Å². The molecule has 2 aromatic rings. The highest BCUT2D eigenvalue weighted by Gasteiger charge is 2.27. The van der Waals surface area contributed by atoms with Crippen LogP contribution in [0.4, 0.5) is 0 Å². The molecule has 0 bridgehead atoms. The lowest BCUT2D eigenvalue weighted by atomic mass is 10.1. The molecule has 5 heteroatoms. The largest absolute Gasteiger partial charge is 0.460 e. The average molecular weight is 413 g/mol. The van der Waals surface area contributed by atoms with Gasteiger partial charge in [0.2, 0.25) is 0 Å². The molecule has 0 aromatic heterocycles. The summed E-state index contributed by atoms with van der Waals surface area (Å²) >= 11 is 0. The molecule has 0 heterocycles. The Kier molecular flexibility index (Phi) is 10.0. The van der Waals surface area contributed by atoms with Gasteiger partial charge in [0.1, 0.15) is 5.60 Å². The predicted octanol–water partition coefficient (Wildman–Crippen LogP) is 3.62. The highest BCUT2D eigenvalue weighted by molar-refractivity contribution is 5.73. The Balaban J connectivity index is 2.14. The van der Waals surface area contributed by atoms with Gasteiger partial charge in [0.05, 0.1) is 5.92 Å². The van der Waals surface area contributed by atoms with E-state index in [4.69, 9.17) is 9.84 Å². The molecular formula is C25H36N2O3. The first-order chi connectivity index (χ1) is 14.4. The Bertz CT molecular complexity index is 688. The summed E-state index contributed by atoms with van der Waals surface area (Å²) in [5, 5.41) is 12.3. The maximum absolute atomic E-state index is 12.9.